The summed E-state index contributed by atoms with van der Waals surface area (Å²) in [6, 6.07) is 18.6. The molecule has 23 heavy (non-hydrogen) atoms. The summed E-state index contributed by atoms with van der Waals surface area (Å²) in [5.74, 6) is 1.74. The largest absolute Gasteiger partial charge is 0.372 e. The maximum atomic E-state index is 13.2. The highest BCUT2D eigenvalue weighted by atomic mass is 32.2. The van der Waals surface area contributed by atoms with E-state index < -0.39 is 5.60 Å². The lowest BCUT2D eigenvalue weighted by atomic mass is 9.84. The molecular weight excluding hydrogens is 306 g/mol. The molecule has 1 fully saturated rings. The van der Waals surface area contributed by atoms with Crippen molar-refractivity contribution >= 4 is 17.7 Å². The first-order chi connectivity index (χ1) is 11.1. The third-order valence-corrected chi connectivity index (χ3v) is 5.61. The van der Waals surface area contributed by atoms with Crippen molar-refractivity contribution in [2.24, 2.45) is 0 Å². The molecule has 2 aromatic carbocycles. The van der Waals surface area contributed by atoms with Crippen molar-refractivity contribution in [3.63, 3.8) is 0 Å². The molecule has 1 aliphatic heterocycles. The van der Waals surface area contributed by atoms with Gasteiger partial charge in [-0.2, -0.15) is 11.8 Å². The zero-order valence-corrected chi connectivity index (χ0v) is 14.0. The summed E-state index contributed by atoms with van der Waals surface area (Å²) in [6.07, 6.45) is 0.979. The van der Waals surface area contributed by atoms with E-state index in [2.05, 4.69) is 0 Å². The molecule has 1 aliphatic rings. The lowest BCUT2D eigenvalue weighted by molar-refractivity contribution is -0.148. The van der Waals surface area contributed by atoms with Gasteiger partial charge in [0.25, 0.3) is 5.91 Å². The number of carbonyl (C=O) groups is 1. The Morgan fingerprint density at radius 3 is 2.04 bits per heavy atom. The molecular formula is C19H21NO2S. The highest BCUT2D eigenvalue weighted by molar-refractivity contribution is 7.99. The molecule has 4 heteroatoms. The topological polar surface area (TPSA) is 40.5 Å². The monoisotopic (exact) mass is 327 g/mol. The van der Waals surface area contributed by atoms with Gasteiger partial charge in [0.2, 0.25) is 0 Å². The second kappa shape index (κ2) is 6.77. The standard InChI is InChI=1S/C19H21NO2S/c1-20(17-12-13-23-14-17)18(21)19(22,15-8-4-2-5-9-15)16-10-6-3-7-11-16/h2-11,17,22H,12-14H2,1H3. The Morgan fingerprint density at radius 2 is 1.61 bits per heavy atom. The third-order valence-electron chi connectivity index (χ3n) is 4.47. The highest BCUT2D eigenvalue weighted by Gasteiger charge is 2.43. The number of benzene rings is 2. The molecule has 3 nitrogen and oxygen atoms in total. The van der Waals surface area contributed by atoms with Crippen LogP contribution in [0.3, 0.4) is 0 Å². The number of likely N-dealkylation sites (N-methyl/N-ethyl adjacent to an activating group) is 1. The van der Waals surface area contributed by atoms with Crippen LogP contribution in [-0.2, 0) is 10.4 Å². The van der Waals surface area contributed by atoms with Gasteiger partial charge in [-0.3, -0.25) is 4.79 Å². The van der Waals surface area contributed by atoms with Gasteiger partial charge in [0.15, 0.2) is 5.60 Å². The van der Waals surface area contributed by atoms with E-state index >= 15 is 0 Å². The Kier molecular flexibility index (Phi) is 4.74. The van der Waals surface area contributed by atoms with Crippen molar-refractivity contribution < 1.29 is 9.90 Å². The Hall–Kier alpha value is -1.78. The minimum Gasteiger partial charge on any atom is -0.372 e. The second-order valence-electron chi connectivity index (χ2n) is 5.88. The molecule has 0 radical (unpaired) electrons. The van der Waals surface area contributed by atoms with Gasteiger partial charge in [0, 0.05) is 18.8 Å². The van der Waals surface area contributed by atoms with Crippen LogP contribution < -0.4 is 0 Å². The van der Waals surface area contributed by atoms with E-state index in [9.17, 15) is 9.90 Å². The van der Waals surface area contributed by atoms with E-state index in [0.717, 1.165) is 17.9 Å². The van der Waals surface area contributed by atoms with Gasteiger partial charge in [-0.25, -0.2) is 0 Å². The molecule has 1 saturated heterocycles. The molecule has 0 spiro atoms. The van der Waals surface area contributed by atoms with Crippen molar-refractivity contribution in [1.82, 2.24) is 4.90 Å². The molecule has 0 aliphatic carbocycles. The Balaban J connectivity index is 2.03. The smallest absolute Gasteiger partial charge is 0.263 e. The average molecular weight is 327 g/mol. The Labute approximate surface area is 141 Å². The zero-order chi connectivity index (χ0) is 16.3. The normalized spacial score (nSPS) is 17.9. The maximum Gasteiger partial charge on any atom is 0.263 e. The fourth-order valence-electron chi connectivity index (χ4n) is 3.02. The van der Waals surface area contributed by atoms with Crippen LogP contribution in [0, 0.1) is 0 Å². The van der Waals surface area contributed by atoms with Crippen molar-refractivity contribution in [3.05, 3.63) is 71.8 Å². The minimum atomic E-state index is -1.65. The number of carbonyl (C=O) groups excluding carboxylic acids is 1. The van der Waals surface area contributed by atoms with Crippen LogP contribution in [0.1, 0.15) is 17.5 Å². The number of rotatable bonds is 4. The van der Waals surface area contributed by atoms with Crippen LogP contribution in [0.15, 0.2) is 60.7 Å². The van der Waals surface area contributed by atoms with E-state index in [-0.39, 0.29) is 11.9 Å². The van der Waals surface area contributed by atoms with Crippen molar-refractivity contribution in [3.8, 4) is 0 Å². The summed E-state index contributed by atoms with van der Waals surface area (Å²) in [5.41, 5.74) is -0.438. The number of hydrogen-bond donors (Lipinski definition) is 1. The van der Waals surface area contributed by atoms with Crippen molar-refractivity contribution in [2.75, 3.05) is 18.6 Å². The molecule has 2 aromatic rings. The number of thioether (sulfide) groups is 1. The summed E-state index contributed by atoms with van der Waals surface area (Å²) in [5, 5.41) is 11.5. The van der Waals surface area contributed by atoms with Gasteiger partial charge < -0.3 is 10.0 Å². The van der Waals surface area contributed by atoms with Gasteiger partial charge in [-0.15, -0.1) is 0 Å². The second-order valence-corrected chi connectivity index (χ2v) is 7.03. The molecule has 1 atom stereocenters. The predicted octanol–water partition coefficient (Wildman–Crippen LogP) is 2.89. The predicted molar refractivity (Wildman–Crippen MR) is 94.4 cm³/mol. The fraction of sp³-hybridized carbons (Fsp3) is 0.316. The minimum absolute atomic E-state index is 0.187. The van der Waals surface area contributed by atoms with E-state index in [0.29, 0.717) is 11.1 Å². The van der Waals surface area contributed by atoms with E-state index in [1.807, 2.05) is 72.4 Å². The van der Waals surface area contributed by atoms with E-state index in [1.54, 1.807) is 11.9 Å². The quantitative estimate of drug-likeness (QED) is 0.939. The van der Waals surface area contributed by atoms with Crippen molar-refractivity contribution in [1.29, 1.82) is 0 Å². The summed E-state index contributed by atoms with van der Waals surface area (Å²) in [4.78, 5) is 14.9. The lowest BCUT2D eigenvalue weighted by Crippen LogP contribution is -2.50. The first-order valence-corrected chi connectivity index (χ1v) is 8.98. The molecule has 1 heterocycles. The molecule has 3 rings (SSSR count). The van der Waals surface area contributed by atoms with Crippen molar-refractivity contribution in [2.45, 2.75) is 18.1 Å². The lowest BCUT2D eigenvalue weighted by Gasteiger charge is -2.35. The molecule has 120 valence electrons. The zero-order valence-electron chi connectivity index (χ0n) is 13.2. The SMILES string of the molecule is CN(C(=O)C(O)(c1ccccc1)c1ccccc1)C1CCSC1. The molecule has 1 amide bonds. The Bertz CT molecular complexity index is 614. The van der Waals surface area contributed by atoms with Crippen LogP contribution in [0.4, 0.5) is 0 Å². The summed E-state index contributed by atoms with van der Waals surface area (Å²) in [6.45, 7) is 0. The highest BCUT2D eigenvalue weighted by Crippen LogP contribution is 2.33. The van der Waals surface area contributed by atoms with Crippen LogP contribution in [0.25, 0.3) is 0 Å². The summed E-state index contributed by atoms with van der Waals surface area (Å²) < 4.78 is 0. The number of amides is 1. The van der Waals surface area contributed by atoms with Crippen LogP contribution in [0.2, 0.25) is 0 Å². The van der Waals surface area contributed by atoms with E-state index in [1.165, 1.54) is 0 Å². The molecule has 0 bridgehead atoms. The number of aliphatic hydroxyl groups is 1. The van der Waals surface area contributed by atoms with Gasteiger partial charge in [-0.05, 0) is 23.3 Å². The summed E-state index contributed by atoms with van der Waals surface area (Å²) >= 11 is 1.85. The molecule has 0 saturated carbocycles. The van der Waals surface area contributed by atoms with E-state index in [4.69, 9.17) is 0 Å². The van der Waals surface area contributed by atoms with Gasteiger partial charge in [-0.1, -0.05) is 60.7 Å². The number of nitrogens with zero attached hydrogens (tertiary/aromatic N) is 1. The van der Waals surface area contributed by atoms with Gasteiger partial charge >= 0.3 is 0 Å². The van der Waals surface area contributed by atoms with Gasteiger partial charge in [0.1, 0.15) is 0 Å². The summed E-state index contributed by atoms with van der Waals surface area (Å²) in [7, 11) is 1.80. The first-order valence-electron chi connectivity index (χ1n) is 7.82. The van der Waals surface area contributed by atoms with Crippen LogP contribution in [-0.4, -0.2) is 40.5 Å². The first kappa shape index (κ1) is 16.1. The van der Waals surface area contributed by atoms with Crippen LogP contribution in [0.5, 0.6) is 0 Å². The molecule has 1 N–H and O–H groups in total. The number of hydrogen-bond acceptors (Lipinski definition) is 3. The van der Waals surface area contributed by atoms with Gasteiger partial charge in [0.05, 0.1) is 0 Å². The average Bonchev–Trinajstić information content (AvgIpc) is 3.16. The van der Waals surface area contributed by atoms with Crippen LogP contribution >= 0.6 is 11.8 Å². The fourth-order valence-corrected chi connectivity index (χ4v) is 4.29. The maximum absolute atomic E-state index is 13.2. The Morgan fingerprint density at radius 1 is 1.09 bits per heavy atom. The molecule has 1 unspecified atom stereocenters. The third kappa shape index (κ3) is 3.01. The molecule has 0 aromatic heterocycles.